The quantitative estimate of drug-likeness (QED) is 0.703. The molecule has 1 atom stereocenters. The Hall–Kier alpha value is -1.93. The van der Waals surface area contributed by atoms with Crippen molar-refractivity contribution in [1.29, 1.82) is 0 Å². The number of likely N-dealkylation sites (N-methyl/N-ethyl adjacent to an activating group) is 1. The van der Waals surface area contributed by atoms with Crippen molar-refractivity contribution in [2.75, 3.05) is 32.0 Å². The van der Waals surface area contributed by atoms with Crippen LogP contribution in [0.25, 0.3) is 0 Å². The van der Waals surface area contributed by atoms with Crippen molar-refractivity contribution in [3.05, 3.63) is 58.6 Å². The highest BCUT2D eigenvalue weighted by atomic mass is 35.5. The van der Waals surface area contributed by atoms with Gasteiger partial charge in [-0.15, -0.1) is 0 Å². The molecule has 0 aromatic heterocycles. The topological polar surface area (TPSA) is 69.7 Å². The molecule has 1 amide bonds. The first-order valence-corrected chi connectivity index (χ1v) is 12.6. The van der Waals surface area contributed by atoms with Gasteiger partial charge in [-0.25, -0.2) is 8.42 Å². The number of carbonyl (C=O) groups is 1. The van der Waals surface area contributed by atoms with Gasteiger partial charge in [0.05, 0.1) is 22.2 Å². The van der Waals surface area contributed by atoms with Crippen molar-refractivity contribution in [2.45, 2.75) is 43.0 Å². The fraction of sp³-hybridized carbons (Fsp3) is 0.435. The van der Waals surface area contributed by atoms with E-state index in [-0.39, 0.29) is 23.4 Å². The minimum atomic E-state index is -3.57. The fourth-order valence-electron chi connectivity index (χ4n) is 4.55. The lowest BCUT2D eigenvalue weighted by Gasteiger charge is -2.32. The van der Waals surface area contributed by atoms with Crippen LogP contribution in [0.4, 0.5) is 5.69 Å². The third-order valence-corrected chi connectivity index (χ3v) is 8.40. The number of anilines is 1. The second kappa shape index (κ2) is 9.28. The Morgan fingerprint density at radius 1 is 1.16 bits per heavy atom. The summed E-state index contributed by atoms with van der Waals surface area (Å²) >= 11 is 6.27. The van der Waals surface area contributed by atoms with E-state index in [1.54, 1.807) is 0 Å². The standard InChI is InChI=1S/C23H28ClN3O3S/c1-26(22-10-6-8-17-7-2-3-9-19(17)22)16-23(28)25-21-15-18(11-12-20(21)24)31(29,30)27-13-4-5-14-27/h2-3,7,9,11-12,15,22H,4-6,8,10,13-14,16H2,1H3,(H,25,28). The van der Waals surface area contributed by atoms with E-state index in [0.717, 1.165) is 32.1 Å². The van der Waals surface area contributed by atoms with Gasteiger partial charge in [0.2, 0.25) is 15.9 Å². The fourth-order valence-corrected chi connectivity index (χ4v) is 6.26. The second-order valence-electron chi connectivity index (χ2n) is 8.32. The zero-order valence-electron chi connectivity index (χ0n) is 17.7. The van der Waals surface area contributed by atoms with Crippen molar-refractivity contribution in [3.8, 4) is 0 Å². The number of rotatable bonds is 6. The number of nitrogens with zero attached hydrogens (tertiary/aromatic N) is 2. The molecule has 0 saturated carbocycles. The maximum Gasteiger partial charge on any atom is 0.243 e. The molecule has 4 rings (SSSR count). The van der Waals surface area contributed by atoms with Crippen LogP contribution >= 0.6 is 11.6 Å². The highest BCUT2D eigenvalue weighted by molar-refractivity contribution is 7.89. The molecule has 1 heterocycles. The SMILES string of the molecule is CN(CC(=O)Nc1cc(S(=O)(=O)N2CCCC2)ccc1Cl)C1CCCc2ccccc21. The highest BCUT2D eigenvalue weighted by Gasteiger charge is 2.28. The highest BCUT2D eigenvalue weighted by Crippen LogP contribution is 2.33. The molecular weight excluding hydrogens is 434 g/mol. The normalized spacial score (nSPS) is 19.4. The molecule has 1 aliphatic heterocycles. The number of halogens is 1. The largest absolute Gasteiger partial charge is 0.324 e. The summed E-state index contributed by atoms with van der Waals surface area (Å²) in [6.07, 6.45) is 4.90. The number of aryl methyl sites for hydroxylation is 1. The van der Waals surface area contributed by atoms with Gasteiger partial charge in [-0.05, 0) is 68.5 Å². The van der Waals surface area contributed by atoms with E-state index in [1.165, 1.54) is 33.6 Å². The second-order valence-corrected chi connectivity index (χ2v) is 10.7. The number of carbonyl (C=O) groups excluding carboxylic acids is 1. The number of hydrogen-bond acceptors (Lipinski definition) is 4. The van der Waals surface area contributed by atoms with Crippen LogP contribution in [-0.4, -0.2) is 50.2 Å². The third kappa shape index (κ3) is 4.80. The summed E-state index contributed by atoms with van der Waals surface area (Å²) in [5.41, 5.74) is 2.94. The Labute approximate surface area is 189 Å². The average Bonchev–Trinajstić information content (AvgIpc) is 3.30. The van der Waals surface area contributed by atoms with Gasteiger partial charge in [0.1, 0.15) is 0 Å². The van der Waals surface area contributed by atoms with Crippen LogP contribution in [0.3, 0.4) is 0 Å². The van der Waals surface area contributed by atoms with E-state index in [4.69, 9.17) is 11.6 Å². The number of sulfonamides is 1. The summed E-state index contributed by atoms with van der Waals surface area (Å²) in [7, 11) is -1.63. The van der Waals surface area contributed by atoms with Gasteiger partial charge in [-0.3, -0.25) is 9.69 Å². The van der Waals surface area contributed by atoms with Gasteiger partial charge in [0.15, 0.2) is 0 Å². The van der Waals surface area contributed by atoms with Crippen LogP contribution in [0.5, 0.6) is 0 Å². The summed E-state index contributed by atoms with van der Waals surface area (Å²) in [6.45, 7) is 1.25. The van der Waals surface area contributed by atoms with E-state index in [1.807, 2.05) is 18.0 Å². The summed E-state index contributed by atoms with van der Waals surface area (Å²) in [6, 6.07) is 13.1. The molecule has 1 fully saturated rings. The van der Waals surface area contributed by atoms with E-state index in [0.29, 0.717) is 23.8 Å². The van der Waals surface area contributed by atoms with Crippen LogP contribution in [0.1, 0.15) is 42.9 Å². The molecule has 0 radical (unpaired) electrons. The molecule has 1 aliphatic carbocycles. The van der Waals surface area contributed by atoms with E-state index < -0.39 is 10.0 Å². The summed E-state index contributed by atoms with van der Waals surface area (Å²) in [5.74, 6) is -0.219. The van der Waals surface area contributed by atoms with Crippen LogP contribution in [0.15, 0.2) is 47.4 Å². The lowest BCUT2D eigenvalue weighted by molar-refractivity contribution is -0.117. The van der Waals surface area contributed by atoms with Crippen molar-refractivity contribution in [3.63, 3.8) is 0 Å². The smallest absolute Gasteiger partial charge is 0.243 e. The summed E-state index contributed by atoms with van der Waals surface area (Å²) in [5, 5.41) is 3.13. The van der Waals surface area contributed by atoms with Gasteiger partial charge < -0.3 is 5.32 Å². The molecule has 1 saturated heterocycles. The Morgan fingerprint density at radius 3 is 2.68 bits per heavy atom. The van der Waals surface area contributed by atoms with Gasteiger partial charge in [-0.2, -0.15) is 4.31 Å². The minimum Gasteiger partial charge on any atom is -0.324 e. The summed E-state index contributed by atoms with van der Waals surface area (Å²) < 4.78 is 27.2. The molecule has 2 aliphatic rings. The molecule has 8 heteroatoms. The zero-order valence-corrected chi connectivity index (χ0v) is 19.3. The average molecular weight is 462 g/mol. The molecule has 166 valence electrons. The molecule has 2 aromatic carbocycles. The molecule has 0 bridgehead atoms. The van der Waals surface area contributed by atoms with Crippen LogP contribution in [0, 0.1) is 0 Å². The lowest BCUT2D eigenvalue weighted by atomic mass is 9.87. The molecule has 1 unspecified atom stereocenters. The molecule has 2 aromatic rings. The first-order chi connectivity index (χ1) is 14.9. The van der Waals surface area contributed by atoms with Crippen molar-refractivity contribution in [1.82, 2.24) is 9.21 Å². The molecule has 1 N–H and O–H groups in total. The number of benzene rings is 2. The molecule has 31 heavy (non-hydrogen) atoms. The predicted molar refractivity (Wildman–Crippen MR) is 123 cm³/mol. The zero-order chi connectivity index (χ0) is 22.0. The Balaban J connectivity index is 1.46. The lowest BCUT2D eigenvalue weighted by Crippen LogP contribution is -2.35. The minimum absolute atomic E-state index is 0.156. The van der Waals surface area contributed by atoms with Gasteiger partial charge in [0.25, 0.3) is 0 Å². The first-order valence-electron chi connectivity index (χ1n) is 10.7. The molecular formula is C23H28ClN3O3S. The van der Waals surface area contributed by atoms with Crippen LogP contribution in [0.2, 0.25) is 5.02 Å². The van der Waals surface area contributed by atoms with Crippen molar-refractivity contribution in [2.24, 2.45) is 0 Å². The van der Waals surface area contributed by atoms with E-state index in [2.05, 4.69) is 23.5 Å². The molecule has 6 nitrogen and oxygen atoms in total. The molecule has 0 spiro atoms. The first kappa shape index (κ1) is 22.3. The van der Waals surface area contributed by atoms with Gasteiger partial charge in [-0.1, -0.05) is 35.9 Å². The van der Waals surface area contributed by atoms with Crippen molar-refractivity contribution >= 4 is 33.2 Å². The van der Waals surface area contributed by atoms with E-state index in [9.17, 15) is 13.2 Å². The maximum absolute atomic E-state index is 12.8. The number of hydrogen-bond donors (Lipinski definition) is 1. The number of nitrogens with one attached hydrogen (secondary N) is 1. The monoisotopic (exact) mass is 461 g/mol. The maximum atomic E-state index is 12.8. The Morgan fingerprint density at radius 2 is 1.90 bits per heavy atom. The number of amides is 1. The Bertz CT molecular complexity index is 1070. The number of fused-ring (bicyclic) bond motifs is 1. The van der Waals surface area contributed by atoms with Gasteiger partial charge in [0, 0.05) is 19.1 Å². The Kier molecular flexibility index (Phi) is 6.67. The van der Waals surface area contributed by atoms with Crippen molar-refractivity contribution < 1.29 is 13.2 Å². The van der Waals surface area contributed by atoms with E-state index >= 15 is 0 Å². The van der Waals surface area contributed by atoms with Crippen LogP contribution < -0.4 is 5.32 Å². The van der Waals surface area contributed by atoms with Crippen LogP contribution in [-0.2, 0) is 21.2 Å². The van der Waals surface area contributed by atoms with Gasteiger partial charge >= 0.3 is 0 Å². The predicted octanol–water partition coefficient (Wildman–Crippen LogP) is 4.07. The summed E-state index contributed by atoms with van der Waals surface area (Å²) in [4.78, 5) is 15.0. The third-order valence-electron chi connectivity index (χ3n) is 6.18.